The van der Waals surface area contributed by atoms with Crippen LogP contribution in [-0.2, 0) is 0 Å². The van der Waals surface area contributed by atoms with Gasteiger partial charge in [0, 0.05) is 31.6 Å². The van der Waals surface area contributed by atoms with Crippen LogP contribution in [0.3, 0.4) is 0 Å². The number of aromatic nitrogens is 1. The summed E-state index contributed by atoms with van der Waals surface area (Å²) in [5, 5.41) is 5.31. The molecule has 0 atom stereocenters. The molecule has 2 rings (SSSR count). The monoisotopic (exact) mass is 212 g/mol. The summed E-state index contributed by atoms with van der Waals surface area (Å²) in [7, 11) is 2.16. The first kappa shape index (κ1) is 9.89. The minimum absolute atomic E-state index is 1.01. The molecule has 1 aromatic heterocycles. The Morgan fingerprint density at radius 1 is 1.36 bits per heavy atom. The molecule has 0 bridgehead atoms. The highest BCUT2D eigenvalue weighted by Crippen LogP contribution is 2.15. The second kappa shape index (κ2) is 4.25. The number of hydrazine groups is 1. The van der Waals surface area contributed by atoms with Crippen molar-refractivity contribution in [2.24, 2.45) is 0 Å². The Hall–Kier alpha value is -0.650. The van der Waals surface area contributed by atoms with Crippen LogP contribution in [0.25, 0.3) is 0 Å². The normalized spacial score (nSPS) is 19.9. The molecule has 2 heterocycles. The summed E-state index contributed by atoms with van der Waals surface area (Å²) in [5.41, 5.74) is 4.43. The van der Waals surface area contributed by atoms with Crippen molar-refractivity contribution in [3.8, 4) is 0 Å². The van der Waals surface area contributed by atoms with Gasteiger partial charge in [0.1, 0.15) is 0 Å². The van der Waals surface area contributed by atoms with Crippen LogP contribution in [0.15, 0.2) is 5.38 Å². The zero-order chi connectivity index (χ0) is 9.97. The standard InChI is InChI=1S/C9H16N4S/c1-8-7-14-9(10-8)11-13-5-3-12(2)4-6-13/h7H,3-6H2,1-2H3,(H,10,11). The number of rotatable bonds is 2. The molecule has 0 radical (unpaired) electrons. The van der Waals surface area contributed by atoms with Gasteiger partial charge in [-0.05, 0) is 14.0 Å². The molecule has 14 heavy (non-hydrogen) atoms. The average Bonchev–Trinajstić information content (AvgIpc) is 2.56. The lowest BCUT2D eigenvalue weighted by Crippen LogP contribution is -2.46. The highest BCUT2D eigenvalue weighted by Gasteiger charge is 2.13. The molecule has 0 spiro atoms. The molecule has 0 aliphatic carbocycles. The largest absolute Gasteiger partial charge is 0.304 e. The van der Waals surface area contributed by atoms with E-state index in [1.54, 1.807) is 11.3 Å². The van der Waals surface area contributed by atoms with E-state index in [4.69, 9.17) is 0 Å². The lowest BCUT2D eigenvalue weighted by Gasteiger charge is -2.32. The van der Waals surface area contributed by atoms with E-state index in [1.807, 2.05) is 6.92 Å². The van der Waals surface area contributed by atoms with Gasteiger partial charge in [-0.1, -0.05) is 0 Å². The maximum absolute atomic E-state index is 4.38. The number of likely N-dealkylation sites (N-methyl/N-ethyl adjacent to an activating group) is 1. The van der Waals surface area contributed by atoms with Crippen molar-refractivity contribution < 1.29 is 0 Å². The second-order valence-electron chi connectivity index (χ2n) is 3.70. The van der Waals surface area contributed by atoms with Crippen molar-refractivity contribution >= 4 is 16.5 Å². The van der Waals surface area contributed by atoms with Gasteiger partial charge in [-0.15, -0.1) is 11.3 Å². The molecule has 0 aromatic carbocycles. The first-order valence-electron chi connectivity index (χ1n) is 4.86. The van der Waals surface area contributed by atoms with Gasteiger partial charge < -0.3 is 4.90 Å². The third-order valence-corrected chi connectivity index (χ3v) is 3.24. The number of nitrogens with one attached hydrogen (secondary N) is 1. The SMILES string of the molecule is Cc1csc(NN2CCN(C)CC2)n1. The topological polar surface area (TPSA) is 31.4 Å². The van der Waals surface area contributed by atoms with E-state index >= 15 is 0 Å². The van der Waals surface area contributed by atoms with Crippen molar-refractivity contribution in [2.45, 2.75) is 6.92 Å². The summed E-state index contributed by atoms with van der Waals surface area (Å²) in [6, 6.07) is 0. The number of piperazine rings is 1. The number of anilines is 1. The zero-order valence-corrected chi connectivity index (χ0v) is 9.47. The van der Waals surface area contributed by atoms with Crippen LogP contribution in [-0.4, -0.2) is 48.1 Å². The lowest BCUT2D eigenvalue weighted by molar-refractivity contribution is 0.179. The summed E-state index contributed by atoms with van der Waals surface area (Å²) >= 11 is 1.67. The smallest absolute Gasteiger partial charge is 0.197 e. The first-order valence-corrected chi connectivity index (χ1v) is 5.74. The van der Waals surface area contributed by atoms with Gasteiger partial charge in [-0.25, -0.2) is 9.99 Å². The third-order valence-electron chi connectivity index (χ3n) is 2.38. The molecule has 1 fully saturated rings. The van der Waals surface area contributed by atoms with E-state index in [0.29, 0.717) is 0 Å². The molecular formula is C9H16N4S. The quantitative estimate of drug-likeness (QED) is 0.793. The highest BCUT2D eigenvalue weighted by molar-refractivity contribution is 7.13. The maximum atomic E-state index is 4.38. The Labute approximate surface area is 88.5 Å². The summed E-state index contributed by atoms with van der Waals surface area (Å²) in [5.74, 6) is 0. The highest BCUT2D eigenvalue weighted by atomic mass is 32.1. The number of thiazole rings is 1. The fraction of sp³-hybridized carbons (Fsp3) is 0.667. The van der Waals surface area contributed by atoms with Gasteiger partial charge in [-0.3, -0.25) is 5.43 Å². The van der Waals surface area contributed by atoms with Crippen molar-refractivity contribution in [3.05, 3.63) is 11.1 Å². The zero-order valence-electron chi connectivity index (χ0n) is 8.66. The lowest BCUT2D eigenvalue weighted by atomic mass is 10.4. The Morgan fingerprint density at radius 2 is 2.07 bits per heavy atom. The molecule has 1 aromatic rings. The molecule has 1 aliphatic heterocycles. The van der Waals surface area contributed by atoms with Gasteiger partial charge in [0.15, 0.2) is 5.13 Å². The van der Waals surface area contributed by atoms with Crippen LogP contribution in [0.1, 0.15) is 5.69 Å². The Kier molecular flexibility index (Phi) is 3.00. The summed E-state index contributed by atoms with van der Waals surface area (Å²) < 4.78 is 0. The predicted molar refractivity (Wildman–Crippen MR) is 59.5 cm³/mol. The minimum Gasteiger partial charge on any atom is -0.304 e. The van der Waals surface area contributed by atoms with E-state index in [9.17, 15) is 0 Å². The molecule has 5 heteroatoms. The molecule has 1 N–H and O–H groups in total. The van der Waals surface area contributed by atoms with E-state index in [0.717, 1.165) is 37.0 Å². The Bertz CT molecular complexity index is 291. The maximum Gasteiger partial charge on any atom is 0.197 e. The van der Waals surface area contributed by atoms with Crippen LogP contribution in [0.5, 0.6) is 0 Å². The summed E-state index contributed by atoms with van der Waals surface area (Å²) in [6.45, 7) is 6.39. The molecule has 78 valence electrons. The Balaban J connectivity index is 1.86. The first-order chi connectivity index (χ1) is 6.74. The summed E-state index contributed by atoms with van der Waals surface area (Å²) in [6.07, 6.45) is 0. The van der Waals surface area contributed by atoms with Crippen molar-refractivity contribution in [2.75, 3.05) is 38.7 Å². The molecule has 4 nitrogen and oxygen atoms in total. The van der Waals surface area contributed by atoms with Crippen LogP contribution in [0.2, 0.25) is 0 Å². The van der Waals surface area contributed by atoms with Crippen molar-refractivity contribution in [1.82, 2.24) is 14.9 Å². The fourth-order valence-corrected chi connectivity index (χ4v) is 2.17. The molecule has 0 unspecified atom stereocenters. The Morgan fingerprint density at radius 3 is 2.64 bits per heavy atom. The molecule has 1 aliphatic rings. The van der Waals surface area contributed by atoms with E-state index in [-0.39, 0.29) is 0 Å². The summed E-state index contributed by atoms with van der Waals surface area (Å²) in [4.78, 5) is 6.71. The van der Waals surface area contributed by atoms with Crippen LogP contribution in [0.4, 0.5) is 5.13 Å². The van der Waals surface area contributed by atoms with Crippen LogP contribution < -0.4 is 5.43 Å². The van der Waals surface area contributed by atoms with Crippen LogP contribution in [0, 0.1) is 6.92 Å². The molecule has 0 saturated carbocycles. The predicted octanol–water partition coefficient (Wildman–Crippen LogP) is 1.03. The minimum atomic E-state index is 1.01. The van der Waals surface area contributed by atoms with E-state index < -0.39 is 0 Å². The number of hydrogen-bond donors (Lipinski definition) is 1. The molecule has 1 saturated heterocycles. The van der Waals surface area contributed by atoms with Gasteiger partial charge >= 0.3 is 0 Å². The fourth-order valence-electron chi connectivity index (χ4n) is 1.46. The van der Waals surface area contributed by atoms with Gasteiger partial charge in [-0.2, -0.15) is 0 Å². The number of aryl methyl sites for hydroxylation is 1. The average molecular weight is 212 g/mol. The van der Waals surface area contributed by atoms with Crippen LogP contribution >= 0.6 is 11.3 Å². The van der Waals surface area contributed by atoms with Gasteiger partial charge in [0.05, 0.1) is 5.69 Å². The second-order valence-corrected chi connectivity index (χ2v) is 4.55. The molecular weight excluding hydrogens is 196 g/mol. The van der Waals surface area contributed by atoms with Gasteiger partial charge in [0.25, 0.3) is 0 Å². The number of nitrogens with zero attached hydrogens (tertiary/aromatic N) is 3. The van der Waals surface area contributed by atoms with Crippen molar-refractivity contribution in [3.63, 3.8) is 0 Å². The van der Waals surface area contributed by atoms with E-state index in [1.165, 1.54) is 0 Å². The van der Waals surface area contributed by atoms with Gasteiger partial charge in [0.2, 0.25) is 0 Å². The number of hydrogen-bond acceptors (Lipinski definition) is 5. The van der Waals surface area contributed by atoms with E-state index in [2.05, 4.69) is 32.7 Å². The van der Waals surface area contributed by atoms with Crippen molar-refractivity contribution in [1.29, 1.82) is 0 Å². The molecule has 0 amide bonds. The third kappa shape index (κ3) is 2.43.